The van der Waals surface area contributed by atoms with Gasteiger partial charge in [-0.2, -0.15) is 0 Å². The number of nitrogens with two attached hydrogens (primary N) is 1. The minimum atomic E-state index is -0.207. The maximum absolute atomic E-state index is 13.0. The highest BCUT2D eigenvalue weighted by Crippen LogP contribution is 2.40. The van der Waals surface area contributed by atoms with Crippen LogP contribution in [0.15, 0.2) is 29.1 Å². The molecule has 8 heteroatoms. The number of imidazole rings is 1. The number of aromatic nitrogens is 4. The van der Waals surface area contributed by atoms with Crippen LogP contribution in [-0.2, 0) is 24.3 Å². The molecule has 2 aromatic heterocycles. The predicted molar refractivity (Wildman–Crippen MR) is 100 cm³/mol. The van der Waals surface area contributed by atoms with E-state index in [0.29, 0.717) is 36.7 Å². The first-order chi connectivity index (χ1) is 13.1. The Morgan fingerprint density at radius 2 is 2.07 bits per heavy atom. The molecule has 1 aliphatic carbocycles. The number of nitrogens with one attached hydrogen (secondary N) is 1. The number of nitrogens with zero attached hydrogens (tertiary/aromatic N) is 4. The van der Waals surface area contributed by atoms with Crippen molar-refractivity contribution in [1.29, 1.82) is 0 Å². The monoisotopic (exact) mass is 364 g/mol. The average molecular weight is 364 g/mol. The fourth-order valence-corrected chi connectivity index (χ4v) is 3.82. The summed E-state index contributed by atoms with van der Waals surface area (Å²) >= 11 is 0. The number of hydrogen-bond acceptors (Lipinski definition) is 5. The van der Waals surface area contributed by atoms with Gasteiger partial charge in [-0.1, -0.05) is 12.1 Å². The molecule has 2 aliphatic rings. The third-order valence-electron chi connectivity index (χ3n) is 5.36. The second-order valence-electron chi connectivity index (χ2n) is 7.26. The van der Waals surface area contributed by atoms with Gasteiger partial charge in [0.05, 0.1) is 23.3 Å². The summed E-state index contributed by atoms with van der Waals surface area (Å²) < 4.78 is 2.05. The summed E-state index contributed by atoms with van der Waals surface area (Å²) in [7, 11) is 0. The Balaban J connectivity index is 1.44. The van der Waals surface area contributed by atoms with Gasteiger partial charge < -0.3 is 15.2 Å². The normalized spacial score (nSPS) is 16.5. The van der Waals surface area contributed by atoms with E-state index in [1.165, 1.54) is 0 Å². The van der Waals surface area contributed by atoms with Crippen LogP contribution in [0.2, 0.25) is 0 Å². The van der Waals surface area contributed by atoms with Crippen LogP contribution in [0, 0.1) is 0 Å². The third-order valence-corrected chi connectivity index (χ3v) is 5.36. The zero-order valence-electron chi connectivity index (χ0n) is 14.8. The van der Waals surface area contributed by atoms with Gasteiger partial charge in [-0.15, -0.1) is 0 Å². The summed E-state index contributed by atoms with van der Waals surface area (Å²) in [6, 6.07) is 7.93. The lowest BCUT2D eigenvalue weighted by Gasteiger charge is -2.28. The van der Waals surface area contributed by atoms with Crippen LogP contribution in [0.3, 0.4) is 0 Å². The number of H-pyrrole nitrogens is 1. The second-order valence-corrected chi connectivity index (χ2v) is 7.26. The van der Waals surface area contributed by atoms with Crippen LogP contribution in [0.4, 0.5) is 5.95 Å². The van der Waals surface area contributed by atoms with Crippen molar-refractivity contribution in [2.24, 2.45) is 0 Å². The molecule has 5 rings (SSSR count). The summed E-state index contributed by atoms with van der Waals surface area (Å²) in [5.74, 6) is 1.55. The Hall–Kier alpha value is -3.16. The van der Waals surface area contributed by atoms with Crippen LogP contribution in [0.25, 0.3) is 11.0 Å². The Labute approximate surface area is 155 Å². The number of carbonyl (C=O) groups excluding carboxylic acids is 1. The van der Waals surface area contributed by atoms with Crippen molar-refractivity contribution in [2.45, 2.75) is 38.3 Å². The molecule has 3 heterocycles. The molecule has 3 aromatic rings. The van der Waals surface area contributed by atoms with Crippen molar-refractivity contribution in [3.05, 3.63) is 51.7 Å². The van der Waals surface area contributed by atoms with Crippen molar-refractivity contribution in [3.63, 3.8) is 0 Å². The molecule has 0 unspecified atom stereocenters. The highest BCUT2D eigenvalue weighted by molar-refractivity contribution is 5.81. The number of rotatable bonds is 3. The quantitative estimate of drug-likeness (QED) is 0.725. The molecule has 3 N–H and O–H groups in total. The van der Waals surface area contributed by atoms with Crippen LogP contribution >= 0.6 is 0 Å². The van der Waals surface area contributed by atoms with E-state index in [-0.39, 0.29) is 24.0 Å². The van der Waals surface area contributed by atoms with E-state index in [0.717, 1.165) is 29.7 Å². The largest absolute Gasteiger partial charge is 0.369 e. The van der Waals surface area contributed by atoms with E-state index >= 15 is 0 Å². The SMILES string of the molecule is Nc1nc2c(c(=O)[nH]1)CCN(C(=O)Cn1c(C3CC3)nc3ccccc31)C2. The fraction of sp³-hybridized carbons (Fsp3) is 0.368. The summed E-state index contributed by atoms with van der Waals surface area (Å²) in [5, 5.41) is 0. The molecular formula is C19H20N6O2. The topological polar surface area (TPSA) is 110 Å². The van der Waals surface area contributed by atoms with Crippen LogP contribution in [0.1, 0.15) is 35.8 Å². The zero-order chi connectivity index (χ0) is 18.5. The molecule has 0 spiro atoms. The van der Waals surface area contributed by atoms with Crippen molar-refractivity contribution < 1.29 is 4.79 Å². The van der Waals surface area contributed by atoms with Crippen molar-refractivity contribution in [3.8, 4) is 0 Å². The maximum atomic E-state index is 13.0. The van der Waals surface area contributed by atoms with Gasteiger partial charge in [-0.3, -0.25) is 14.6 Å². The van der Waals surface area contributed by atoms with Gasteiger partial charge in [0.25, 0.3) is 5.56 Å². The lowest BCUT2D eigenvalue weighted by molar-refractivity contribution is -0.132. The summed E-state index contributed by atoms with van der Waals surface area (Å²) in [4.78, 5) is 38.3. The van der Waals surface area contributed by atoms with Crippen molar-refractivity contribution >= 4 is 22.9 Å². The molecular weight excluding hydrogens is 344 g/mol. The molecule has 1 fully saturated rings. The molecule has 0 atom stereocenters. The molecule has 0 saturated heterocycles. The number of para-hydroxylation sites is 2. The van der Waals surface area contributed by atoms with Crippen LogP contribution < -0.4 is 11.3 Å². The van der Waals surface area contributed by atoms with Crippen molar-refractivity contribution in [1.82, 2.24) is 24.4 Å². The van der Waals surface area contributed by atoms with E-state index in [9.17, 15) is 9.59 Å². The molecule has 27 heavy (non-hydrogen) atoms. The molecule has 8 nitrogen and oxygen atoms in total. The minimum absolute atomic E-state index is 0.00589. The highest BCUT2D eigenvalue weighted by Gasteiger charge is 2.31. The first-order valence-electron chi connectivity index (χ1n) is 9.20. The van der Waals surface area contributed by atoms with E-state index < -0.39 is 0 Å². The number of fused-ring (bicyclic) bond motifs is 2. The maximum Gasteiger partial charge on any atom is 0.255 e. The fourth-order valence-electron chi connectivity index (χ4n) is 3.82. The molecule has 0 radical (unpaired) electrons. The number of nitrogen functional groups attached to an aromatic ring is 1. The second kappa shape index (κ2) is 5.94. The summed E-state index contributed by atoms with van der Waals surface area (Å²) in [6.07, 6.45) is 2.74. The molecule has 1 amide bonds. The molecule has 1 aromatic carbocycles. The first-order valence-corrected chi connectivity index (χ1v) is 9.20. The van der Waals surface area contributed by atoms with Gasteiger partial charge in [-0.25, -0.2) is 9.97 Å². The highest BCUT2D eigenvalue weighted by atomic mass is 16.2. The van der Waals surface area contributed by atoms with Crippen LogP contribution in [0.5, 0.6) is 0 Å². The zero-order valence-corrected chi connectivity index (χ0v) is 14.8. The van der Waals surface area contributed by atoms with E-state index in [4.69, 9.17) is 10.7 Å². The standard InChI is InChI=1S/C19H20N6O2/c20-19-22-14-9-24(8-7-12(14)18(27)23-19)16(26)10-25-15-4-2-1-3-13(15)21-17(25)11-5-6-11/h1-4,11H,5-10H2,(H3,20,22,23,27). The van der Waals surface area contributed by atoms with E-state index in [2.05, 4.69) is 9.97 Å². The number of benzene rings is 1. The number of anilines is 1. The van der Waals surface area contributed by atoms with Gasteiger partial charge >= 0.3 is 0 Å². The molecule has 0 bridgehead atoms. The molecule has 138 valence electrons. The number of carbonyl (C=O) groups is 1. The summed E-state index contributed by atoms with van der Waals surface area (Å²) in [5.41, 5.74) is 8.58. The lowest BCUT2D eigenvalue weighted by Crippen LogP contribution is -2.40. The van der Waals surface area contributed by atoms with Gasteiger partial charge in [0, 0.05) is 18.0 Å². The number of amides is 1. The Morgan fingerprint density at radius 1 is 1.26 bits per heavy atom. The predicted octanol–water partition coefficient (Wildman–Crippen LogP) is 1.16. The Morgan fingerprint density at radius 3 is 2.89 bits per heavy atom. The minimum Gasteiger partial charge on any atom is -0.369 e. The number of hydrogen-bond donors (Lipinski definition) is 2. The Bertz CT molecular complexity index is 1110. The van der Waals surface area contributed by atoms with Gasteiger partial charge in [0.2, 0.25) is 11.9 Å². The lowest BCUT2D eigenvalue weighted by atomic mass is 10.1. The van der Waals surface area contributed by atoms with Gasteiger partial charge in [0.1, 0.15) is 12.4 Å². The van der Waals surface area contributed by atoms with Gasteiger partial charge in [-0.05, 0) is 31.4 Å². The Kier molecular flexibility index (Phi) is 3.53. The van der Waals surface area contributed by atoms with Crippen LogP contribution in [-0.4, -0.2) is 36.9 Å². The van der Waals surface area contributed by atoms with Crippen molar-refractivity contribution in [2.75, 3.05) is 12.3 Å². The van der Waals surface area contributed by atoms with E-state index in [1.54, 1.807) is 4.90 Å². The van der Waals surface area contributed by atoms with Gasteiger partial charge in [0.15, 0.2) is 0 Å². The number of aromatic amines is 1. The molecule has 1 aliphatic heterocycles. The van der Waals surface area contributed by atoms with E-state index in [1.807, 2.05) is 28.8 Å². The first kappa shape index (κ1) is 16.0. The third kappa shape index (κ3) is 2.77. The summed E-state index contributed by atoms with van der Waals surface area (Å²) in [6.45, 7) is 1.07. The average Bonchev–Trinajstić information content (AvgIpc) is 3.44. The molecule has 1 saturated carbocycles. The smallest absolute Gasteiger partial charge is 0.255 e.